The molecule has 0 unspecified atom stereocenters. The van der Waals surface area contributed by atoms with Gasteiger partial charge in [-0.15, -0.1) is 0 Å². The first kappa shape index (κ1) is 32.1. The number of H-pyrrole nitrogens is 1. The number of hydrogen-bond acceptors (Lipinski definition) is 7. The average Bonchev–Trinajstić information content (AvgIpc) is 3.32. The Morgan fingerprint density at radius 2 is 1.67 bits per heavy atom. The van der Waals surface area contributed by atoms with E-state index in [1.807, 2.05) is 24.4 Å². The van der Waals surface area contributed by atoms with Crippen LogP contribution in [0.2, 0.25) is 0 Å². The standard InChI is InChI=1S/C27H33N4O10P/c1-16(32)30-24(13-17-3-5-19(6-4-17)41-42(37,38)39)27(36)31-23(9-10-25(33)34)26(35)28-12-11-18-15-29-22-8-7-20(40-2)14-21(18)22/h3-8,14-15,23-24,29H,9-13H2,1-2H3,(H,28,35)(H,30,32)(H,31,36)(H,33,34)(H2,37,38,39)/t23-,24-/m0/s1. The van der Waals surface area contributed by atoms with Gasteiger partial charge in [0.15, 0.2) is 0 Å². The number of rotatable bonds is 15. The minimum absolute atomic E-state index is 0.0289. The highest BCUT2D eigenvalue weighted by molar-refractivity contribution is 7.46. The van der Waals surface area contributed by atoms with Crippen LogP contribution in [0.25, 0.3) is 10.9 Å². The quantitative estimate of drug-likeness (QED) is 0.124. The van der Waals surface area contributed by atoms with Crippen LogP contribution in [0, 0.1) is 0 Å². The second-order valence-electron chi connectivity index (χ2n) is 9.44. The van der Waals surface area contributed by atoms with Gasteiger partial charge in [0.05, 0.1) is 7.11 Å². The lowest BCUT2D eigenvalue weighted by atomic mass is 10.0. The predicted molar refractivity (Wildman–Crippen MR) is 151 cm³/mol. The number of benzene rings is 2. The maximum absolute atomic E-state index is 13.2. The minimum atomic E-state index is -4.75. The van der Waals surface area contributed by atoms with Crippen LogP contribution in [0.3, 0.4) is 0 Å². The number of carboxylic acids is 1. The largest absolute Gasteiger partial charge is 0.524 e. The monoisotopic (exact) mass is 604 g/mol. The Bertz CT molecular complexity index is 1470. The summed E-state index contributed by atoms with van der Waals surface area (Å²) in [5.74, 6) is -2.37. The summed E-state index contributed by atoms with van der Waals surface area (Å²) in [6.45, 7) is 1.42. The van der Waals surface area contributed by atoms with Gasteiger partial charge in [0, 0.05) is 43.4 Å². The molecule has 226 valence electrons. The fourth-order valence-corrected chi connectivity index (χ4v) is 4.65. The number of aromatic amines is 1. The van der Waals surface area contributed by atoms with Crippen LogP contribution in [0.15, 0.2) is 48.7 Å². The number of methoxy groups -OCH3 is 1. The van der Waals surface area contributed by atoms with Crippen molar-refractivity contribution < 1.29 is 47.9 Å². The van der Waals surface area contributed by atoms with Crippen LogP contribution >= 0.6 is 7.82 Å². The predicted octanol–water partition coefficient (Wildman–Crippen LogP) is 1.40. The van der Waals surface area contributed by atoms with E-state index in [1.165, 1.54) is 31.2 Å². The number of nitrogens with one attached hydrogen (secondary N) is 4. The number of phosphoric acid groups is 1. The van der Waals surface area contributed by atoms with Crippen molar-refractivity contribution in [2.75, 3.05) is 13.7 Å². The molecule has 7 N–H and O–H groups in total. The average molecular weight is 605 g/mol. The van der Waals surface area contributed by atoms with Crippen LogP contribution < -0.4 is 25.2 Å². The summed E-state index contributed by atoms with van der Waals surface area (Å²) in [5, 5.41) is 17.9. The summed E-state index contributed by atoms with van der Waals surface area (Å²) < 4.78 is 20.8. The lowest BCUT2D eigenvalue weighted by molar-refractivity contribution is -0.138. The zero-order chi connectivity index (χ0) is 30.9. The molecule has 3 amide bonds. The Labute approximate surface area is 241 Å². The summed E-state index contributed by atoms with van der Waals surface area (Å²) in [4.78, 5) is 70.3. The summed E-state index contributed by atoms with van der Waals surface area (Å²) in [6.07, 6.45) is 1.68. The van der Waals surface area contributed by atoms with Crippen LogP contribution in [0.1, 0.15) is 30.9 Å². The van der Waals surface area contributed by atoms with E-state index >= 15 is 0 Å². The highest BCUT2D eigenvalue weighted by Gasteiger charge is 2.27. The summed E-state index contributed by atoms with van der Waals surface area (Å²) in [6, 6.07) is 8.77. The molecular formula is C27H33N4O10P. The Morgan fingerprint density at radius 1 is 0.976 bits per heavy atom. The van der Waals surface area contributed by atoms with Crippen molar-refractivity contribution in [2.45, 2.75) is 44.7 Å². The Morgan fingerprint density at radius 3 is 2.29 bits per heavy atom. The molecule has 15 heteroatoms. The second kappa shape index (κ2) is 14.5. The van der Waals surface area contributed by atoms with Crippen molar-refractivity contribution in [2.24, 2.45) is 0 Å². The molecule has 0 radical (unpaired) electrons. The second-order valence-corrected chi connectivity index (χ2v) is 10.6. The highest BCUT2D eigenvalue weighted by Crippen LogP contribution is 2.37. The molecular weight excluding hydrogens is 571 g/mol. The number of fused-ring (bicyclic) bond motifs is 1. The molecule has 0 saturated heterocycles. The van der Waals surface area contributed by atoms with Crippen molar-refractivity contribution in [3.05, 3.63) is 59.8 Å². The molecule has 42 heavy (non-hydrogen) atoms. The van der Waals surface area contributed by atoms with Crippen molar-refractivity contribution in [1.82, 2.24) is 20.9 Å². The van der Waals surface area contributed by atoms with E-state index in [1.54, 1.807) is 7.11 Å². The molecule has 0 saturated carbocycles. The SMILES string of the molecule is COc1ccc2[nH]cc(CCNC(=O)[C@H](CCC(=O)O)NC(=O)[C@H](Cc3ccc(OP(=O)(O)O)cc3)NC(C)=O)c2c1. The molecule has 0 fully saturated rings. The van der Waals surface area contributed by atoms with E-state index in [4.69, 9.17) is 19.6 Å². The third-order valence-corrected chi connectivity index (χ3v) is 6.68. The molecule has 2 aromatic carbocycles. The molecule has 14 nitrogen and oxygen atoms in total. The third-order valence-electron chi connectivity index (χ3n) is 6.23. The van der Waals surface area contributed by atoms with Crippen molar-refractivity contribution in [1.29, 1.82) is 0 Å². The van der Waals surface area contributed by atoms with Crippen molar-refractivity contribution in [3.63, 3.8) is 0 Å². The lowest BCUT2D eigenvalue weighted by Crippen LogP contribution is -2.54. The van der Waals surface area contributed by atoms with Gasteiger partial charge >= 0.3 is 13.8 Å². The number of carboxylic acid groups (broad SMARTS) is 1. The summed E-state index contributed by atoms with van der Waals surface area (Å²) >= 11 is 0. The molecule has 0 aliphatic heterocycles. The van der Waals surface area contributed by atoms with Gasteiger partial charge in [-0.2, -0.15) is 0 Å². The number of phosphoric ester groups is 1. The fraction of sp³-hybridized carbons (Fsp3) is 0.333. The normalized spacial score (nSPS) is 12.7. The van der Waals surface area contributed by atoms with Crippen LogP contribution in [0.5, 0.6) is 11.5 Å². The number of aliphatic carboxylic acids is 1. The number of hydrogen-bond donors (Lipinski definition) is 7. The van der Waals surface area contributed by atoms with E-state index < -0.39 is 43.6 Å². The maximum atomic E-state index is 13.2. The van der Waals surface area contributed by atoms with E-state index in [-0.39, 0.29) is 31.6 Å². The first-order valence-electron chi connectivity index (χ1n) is 12.9. The first-order chi connectivity index (χ1) is 19.8. The first-order valence-corrected chi connectivity index (χ1v) is 14.4. The Kier molecular flexibility index (Phi) is 11.1. The fourth-order valence-electron chi connectivity index (χ4n) is 4.26. The highest BCUT2D eigenvalue weighted by atomic mass is 31.2. The number of aromatic nitrogens is 1. The summed E-state index contributed by atoms with van der Waals surface area (Å²) in [7, 11) is -3.18. The van der Waals surface area contributed by atoms with E-state index in [9.17, 15) is 23.7 Å². The van der Waals surface area contributed by atoms with Gasteiger partial charge in [-0.3, -0.25) is 29.0 Å². The van der Waals surface area contributed by atoms with E-state index in [0.717, 1.165) is 16.5 Å². The van der Waals surface area contributed by atoms with Gasteiger partial charge < -0.3 is 35.3 Å². The van der Waals surface area contributed by atoms with Crippen LogP contribution in [-0.4, -0.2) is 69.3 Å². The van der Waals surface area contributed by atoms with Gasteiger partial charge in [-0.05, 0) is 54.3 Å². The number of amides is 3. The van der Waals surface area contributed by atoms with Crippen LogP contribution in [-0.2, 0) is 36.6 Å². The minimum Gasteiger partial charge on any atom is -0.497 e. The molecule has 0 spiro atoms. The Hall–Kier alpha value is -4.39. The van der Waals surface area contributed by atoms with E-state index in [0.29, 0.717) is 17.7 Å². The molecule has 3 aromatic rings. The number of carbonyl (C=O) groups excluding carboxylic acids is 3. The lowest BCUT2D eigenvalue weighted by Gasteiger charge is -2.23. The molecule has 0 bridgehead atoms. The molecule has 1 aromatic heterocycles. The third kappa shape index (κ3) is 9.91. The molecule has 2 atom stereocenters. The maximum Gasteiger partial charge on any atom is 0.524 e. The Balaban J connectivity index is 1.67. The number of ether oxygens (including phenoxy) is 1. The van der Waals surface area contributed by atoms with Gasteiger partial charge in [0.25, 0.3) is 0 Å². The zero-order valence-electron chi connectivity index (χ0n) is 23.0. The van der Waals surface area contributed by atoms with Gasteiger partial charge in [-0.25, -0.2) is 4.57 Å². The van der Waals surface area contributed by atoms with Crippen LogP contribution in [0.4, 0.5) is 0 Å². The molecule has 3 rings (SSSR count). The van der Waals surface area contributed by atoms with Crippen molar-refractivity contribution in [3.8, 4) is 11.5 Å². The molecule has 0 aliphatic rings. The van der Waals surface area contributed by atoms with E-state index in [2.05, 4.69) is 25.5 Å². The molecule has 0 aliphatic carbocycles. The van der Waals surface area contributed by atoms with Gasteiger partial charge in [0.1, 0.15) is 23.6 Å². The molecule has 1 heterocycles. The summed E-state index contributed by atoms with van der Waals surface area (Å²) in [5.41, 5.74) is 2.35. The van der Waals surface area contributed by atoms with Gasteiger partial charge in [0.2, 0.25) is 17.7 Å². The smallest absolute Gasteiger partial charge is 0.497 e. The zero-order valence-corrected chi connectivity index (χ0v) is 23.9. The number of carbonyl (C=O) groups is 4. The topological polar surface area (TPSA) is 216 Å². The van der Waals surface area contributed by atoms with Crippen molar-refractivity contribution >= 4 is 42.4 Å². The van der Waals surface area contributed by atoms with Gasteiger partial charge in [-0.1, -0.05) is 12.1 Å².